The summed E-state index contributed by atoms with van der Waals surface area (Å²) in [6.07, 6.45) is 1.15. The number of carbonyl (C=O) groups is 2. The van der Waals surface area contributed by atoms with Crippen LogP contribution in [0.2, 0.25) is 0 Å². The molecule has 0 saturated carbocycles. The van der Waals surface area contributed by atoms with Crippen molar-refractivity contribution < 1.29 is 19.8 Å². The Kier molecular flexibility index (Phi) is 4.91. The smallest absolute Gasteiger partial charge is 0.354 e. The van der Waals surface area contributed by atoms with Crippen LogP contribution in [0.25, 0.3) is 0 Å². The molecule has 0 amide bonds. The van der Waals surface area contributed by atoms with Crippen molar-refractivity contribution in [2.75, 3.05) is 0 Å². The van der Waals surface area contributed by atoms with E-state index in [-0.39, 0.29) is 11.3 Å². The normalized spacial score (nSPS) is 8.43. The van der Waals surface area contributed by atoms with Crippen molar-refractivity contribution in [3.8, 4) is 0 Å². The summed E-state index contributed by atoms with van der Waals surface area (Å²) in [4.78, 5) is 24.1. The zero-order chi connectivity index (χ0) is 11.1. The van der Waals surface area contributed by atoms with Crippen molar-refractivity contribution >= 4 is 11.9 Å². The second-order valence-corrected chi connectivity index (χ2v) is 2.04. The molecule has 1 aromatic heterocycles. The Hall–Kier alpha value is -1.91. The van der Waals surface area contributed by atoms with Crippen LogP contribution in [0.15, 0.2) is 18.3 Å². The lowest BCUT2D eigenvalue weighted by Crippen LogP contribution is -2.03. The van der Waals surface area contributed by atoms with Gasteiger partial charge in [0, 0.05) is 6.20 Å². The fourth-order valence-corrected chi connectivity index (χ4v) is 0.681. The number of rotatable bonds is 2. The monoisotopic (exact) mass is 197 g/mol. The highest BCUT2D eigenvalue weighted by Gasteiger charge is 2.08. The quantitative estimate of drug-likeness (QED) is 0.750. The highest BCUT2D eigenvalue weighted by Crippen LogP contribution is 2.01. The van der Waals surface area contributed by atoms with E-state index in [1.54, 1.807) is 0 Å². The first-order valence-electron chi connectivity index (χ1n) is 4.04. The summed E-state index contributed by atoms with van der Waals surface area (Å²) in [5.74, 6) is -2.40. The van der Waals surface area contributed by atoms with Crippen LogP contribution in [0.1, 0.15) is 34.7 Å². The van der Waals surface area contributed by atoms with Gasteiger partial charge in [-0.25, -0.2) is 14.6 Å². The number of hydrogen-bond acceptors (Lipinski definition) is 3. The van der Waals surface area contributed by atoms with Gasteiger partial charge in [0.25, 0.3) is 0 Å². The lowest BCUT2D eigenvalue weighted by molar-refractivity contribution is 0.0690. The van der Waals surface area contributed by atoms with Crippen molar-refractivity contribution in [2.24, 2.45) is 0 Å². The van der Waals surface area contributed by atoms with Gasteiger partial charge in [-0.3, -0.25) is 0 Å². The van der Waals surface area contributed by atoms with Gasteiger partial charge in [0.15, 0.2) is 0 Å². The second-order valence-electron chi connectivity index (χ2n) is 2.04. The molecule has 0 radical (unpaired) electrons. The average Bonchev–Trinajstić information content (AvgIpc) is 2.21. The maximum Gasteiger partial charge on any atom is 0.354 e. The molecule has 0 spiro atoms. The third-order valence-electron chi connectivity index (χ3n) is 1.23. The number of pyridine rings is 1. The van der Waals surface area contributed by atoms with Crippen molar-refractivity contribution in [3.63, 3.8) is 0 Å². The van der Waals surface area contributed by atoms with Gasteiger partial charge >= 0.3 is 11.9 Å². The molecule has 0 bridgehead atoms. The summed E-state index contributed by atoms with van der Waals surface area (Å²) >= 11 is 0. The number of aromatic nitrogens is 1. The fourth-order valence-electron chi connectivity index (χ4n) is 0.681. The highest BCUT2D eigenvalue weighted by atomic mass is 16.4. The van der Waals surface area contributed by atoms with Gasteiger partial charge in [-0.15, -0.1) is 0 Å². The Labute approximate surface area is 81.0 Å². The average molecular weight is 197 g/mol. The lowest BCUT2D eigenvalue weighted by Gasteiger charge is -1.94. The molecule has 0 unspecified atom stereocenters. The van der Waals surface area contributed by atoms with Crippen molar-refractivity contribution in [2.45, 2.75) is 13.8 Å². The van der Waals surface area contributed by atoms with E-state index in [0.29, 0.717) is 0 Å². The van der Waals surface area contributed by atoms with Crippen LogP contribution in [0.5, 0.6) is 0 Å². The molecular formula is C9H11NO4. The topological polar surface area (TPSA) is 87.5 Å². The zero-order valence-electron chi connectivity index (χ0n) is 7.89. The molecule has 76 valence electrons. The minimum absolute atomic E-state index is 0.0811. The predicted molar refractivity (Wildman–Crippen MR) is 49.5 cm³/mol. The Bertz CT molecular complexity index is 306. The van der Waals surface area contributed by atoms with Crippen LogP contribution in [0.3, 0.4) is 0 Å². The van der Waals surface area contributed by atoms with E-state index in [1.807, 2.05) is 13.8 Å². The molecule has 0 aliphatic rings. The van der Waals surface area contributed by atoms with Gasteiger partial charge in [-0.1, -0.05) is 13.8 Å². The first kappa shape index (κ1) is 12.1. The van der Waals surface area contributed by atoms with Gasteiger partial charge < -0.3 is 10.2 Å². The van der Waals surface area contributed by atoms with Gasteiger partial charge in [-0.2, -0.15) is 0 Å². The Morgan fingerprint density at radius 1 is 1.21 bits per heavy atom. The van der Waals surface area contributed by atoms with Gasteiger partial charge in [0.1, 0.15) is 5.69 Å². The summed E-state index contributed by atoms with van der Waals surface area (Å²) in [6, 6.07) is 2.24. The number of hydrogen-bond donors (Lipinski definition) is 2. The van der Waals surface area contributed by atoms with E-state index in [0.717, 1.165) is 12.3 Å². The van der Waals surface area contributed by atoms with Crippen molar-refractivity contribution in [3.05, 3.63) is 29.6 Å². The molecule has 1 aromatic rings. The van der Waals surface area contributed by atoms with Crippen molar-refractivity contribution in [1.29, 1.82) is 0 Å². The Morgan fingerprint density at radius 3 is 2.21 bits per heavy atom. The maximum absolute atomic E-state index is 10.4. The van der Waals surface area contributed by atoms with E-state index < -0.39 is 11.9 Å². The van der Waals surface area contributed by atoms with Crippen LogP contribution in [-0.2, 0) is 0 Å². The predicted octanol–water partition coefficient (Wildman–Crippen LogP) is 1.50. The summed E-state index contributed by atoms with van der Waals surface area (Å²) in [5, 5.41) is 16.9. The van der Waals surface area contributed by atoms with Crippen LogP contribution >= 0.6 is 0 Å². The number of aromatic carboxylic acids is 2. The molecule has 0 aliphatic carbocycles. The van der Waals surface area contributed by atoms with E-state index in [4.69, 9.17) is 10.2 Å². The molecule has 1 rings (SSSR count). The summed E-state index contributed by atoms with van der Waals surface area (Å²) in [5.41, 5.74) is -0.350. The molecule has 0 atom stereocenters. The molecule has 0 aliphatic heterocycles. The van der Waals surface area contributed by atoms with E-state index >= 15 is 0 Å². The first-order valence-corrected chi connectivity index (χ1v) is 4.04. The largest absolute Gasteiger partial charge is 0.478 e. The van der Waals surface area contributed by atoms with E-state index in [2.05, 4.69) is 4.98 Å². The SMILES string of the molecule is CC.O=C(O)c1ccnc(C(=O)O)c1. The minimum atomic E-state index is -1.24. The fraction of sp³-hybridized carbons (Fsp3) is 0.222. The Morgan fingerprint density at radius 2 is 1.79 bits per heavy atom. The number of carboxylic acid groups (broad SMARTS) is 2. The third kappa shape index (κ3) is 3.22. The van der Waals surface area contributed by atoms with Crippen molar-refractivity contribution in [1.82, 2.24) is 4.98 Å². The van der Waals surface area contributed by atoms with Crippen LogP contribution in [0, 0.1) is 0 Å². The molecule has 5 heteroatoms. The minimum Gasteiger partial charge on any atom is -0.478 e. The van der Waals surface area contributed by atoms with Gasteiger partial charge in [-0.05, 0) is 12.1 Å². The molecule has 14 heavy (non-hydrogen) atoms. The maximum atomic E-state index is 10.4. The molecule has 0 fully saturated rings. The second kappa shape index (κ2) is 5.69. The standard InChI is InChI=1S/C7H5NO4.C2H6/c9-6(10)4-1-2-8-5(3-4)7(11)12;1-2/h1-3H,(H,9,10)(H,11,12);1-2H3. The van der Waals surface area contributed by atoms with E-state index in [9.17, 15) is 9.59 Å². The molecule has 0 saturated heterocycles. The lowest BCUT2D eigenvalue weighted by atomic mass is 10.2. The first-order chi connectivity index (χ1) is 6.61. The van der Waals surface area contributed by atoms with Crippen LogP contribution in [0.4, 0.5) is 0 Å². The molecule has 5 nitrogen and oxygen atoms in total. The van der Waals surface area contributed by atoms with Gasteiger partial charge in [0.05, 0.1) is 5.56 Å². The summed E-state index contributed by atoms with van der Waals surface area (Å²) in [6.45, 7) is 4.00. The number of nitrogens with zero attached hydrogens (tertiary/aromatic N) is 1. The molecule has 1 heterocycles. The third-order valence-corrected chi connectivity index (χ3v) is 1.23. The summed E-state index contributed by atoms with van der Waals surface area (Å²) < 4.78 is 0. The highest BCUT2D eigenvalue weighted by molar-refractivity contribution is 5.92. The van der Waals surface area contributed by atoms with Crippen LogP contribution in [-0.4, -0.2) is 27.1 Å². The zero-order valence-corrected chi connectivity index (χ0v) is 7.89. The van der Waals surface area contributed by atoms with Crippen LogP contribution < -0.4 is 0 Å². The molecular weight excluding hydrogens is 186 g/mol. The van der Waals surface area contributed by atoms with E-state index in [1.165, 1.54) is 6.07 Å². The molecule has 2 N–H and O–H groups in total. The van der Waals surface area contributed by atoms with Gasteiger partial charge in [0.2, 0.25) is 0 Å². The molecule has 0 aromatic carbocycles. The summed E-state index contributed by atoms with van der Waals surface area (Å²) in [7, 11) is 0. The Balaban J connectivity index is 0.000000791. The number of carboxylic acids is 2.